The van der Waals surface area contributed by atoms with E-state index >= 15 is 0 Å². The topological polar surface area (TPSA) is 52.7 Å². The molecular formula is C15H35N3O2S. The maximum atomic E-state index is 12.6. The van der Waals surface area contributed by atoms with E-state index in [-0.39, 0.29) is 6.04 Å². The Morgan fingerprint density at radius 2 is 1.62 bits per heavy atom. The maximum Gasteiger partial charge on any atom is 0.281 e. The van der Waals surface area contributed by atoms with Crippen LogP contribution >= 0.6 is 0 Å². The van der Waals surface area contributed by atoms with E-state index in [4.69, 9.17) is 0 Å². The third-order valence-corrected chi connectivity index (χ3v) is 5.67. The van der Waals surface area contributed by atoms with Crippen LogP contribution in [-0.4, -0.2) is 56.3 Å². The first-order valence-electron chi connectivity index (χ1n) is 8.31. The maximum absolute atomic E-state index is 12.6. The Kier molecular flexibility index (Phi) is 11.3. The molecule has 0 rings (SSSR count). The Balaban J connectivity index is 4.42. The van der Waals surface area contributed by atoms with Crippen molar-refractivity contribution in [2.45, 2.75) is 65.8 Å². The molecule has 0 saturated carbocycles. The van der Waals surface area contributed by atoms with Gasteiger partial charge in [-0.15, -0.1) is 0 Å². The molecule has 21 heavy (non-hydrogen) atoms. The fraction of sp³-hybridized carbons (Fsp3) is 1.00. The highest BCUT2D eigenvalue weighted by atomic mass is 32.2. The van der Waals surface area contributed by atoms with E-state index in [1.807, 2.05) is 13.8 Å². The quantitative estimate of drug-likeness (QED) is 0.530. The molecule has 0 aromatic rings. The Morgan fingerprint density at radius 3 is 2.14 bits per heavy atom. The van der Waals surface area contributed by atoms with Crippen molar-refractivity contribution in [1.82, 2.24) is 13.9 Å². The summed E-state index contributed by atoms with van der Waals surface area (Å²) in [4.78, 5) is 0. The average Bonchev–Trinajstić information content (AvgIpc) is 2.42. The number of hydrogen-bond acceptors (Lipinski definition) is 3. The lowest BCUT2D eigenvalue weighted by molar-refractivity contribution is 0.311. The van der Waals surface area contributed by atoms with Crippen molar-refractivity contribution in [3.05, 3.63) is 0 Å². The molecule has 0 aromatic carbocycles. The van der Waals surface area contributed by atoms with Gasteiger partial charge in [0, 0.05) is 26.2 Å². The fourth-order valence-electron chi connectivity index (χ4n) is 2.18. The van der Waals surface area contributed by atoms with Crippen LogP contribution in [0.1, 0.15) is 59.8 Å². The zero-order valence-electron chi connectivity index (χ0n) is 14.6. The van der Waals surface area contributed by atoms with E-state index in [2.05, 4.69) is 19.2 Å². The van der Waals surface area contributed by atoms with E-state index in [1.165, 1.54) is 4.31 Å². The predicted molar refractivity (Wildman–Crippen MR) is 90.7 cm³/mol. The minimum absolute atomic E-state index is 0.00697. The minimum Gasteiger partial charge on any atom is -0.317 e. The molecule has 0 aliphatic rings. The Labute approximate surface area is 132 Å². The van der Waals surface area contributed by atoms with Crippen molar-refractivity contribution < 1.29 is 8.42 Å². The van der Waals surface area contributed by atoms with E-state index in [0.717, 1.165) is 45.2 Å². The van der Waals surface area contributed by atoms with Crippen molar-refractivity contribution in [2.75, 3.05) is 33.2 Å². The first-order chi connectivity index (χ1) is 9.87. The van der Waals surface area contributed by atoms with Crippen LogP contribution in [0.4, 0.5) is 0 Å². The van der Waals surface area contributed by atoms with Gasteiger partial charge in [0.25, 0.3) is 10.2 Å². The SMILES string of the molecule is CCCCCN(C(C)C)S(=O)(=O)N(C)CCCNCCC. The summed E-state index contributed by atoms with van der Waals surface area (Å²) < 4.78 is 28.4. The van der Waals surface area contributed by atoms with Gasteiger partial charge in [-0.2, -0.15) is 17.0 Å². The van der Waals surface area contributed by atoms with Crippen LogP contribution < -0.4 is 5.32 Å². The van der Waals surface area contributed by atoms with E-state index in [9.17, 15) is 8.42 Å². The molecule has 128 valence electrons. The van der Waals surface area contributed by atoms with Crippen LogP contribution in [0.5, 0.6) is 0 Å². The first kappa shape index (κ1) is 20.8. The summed E-state index contributed by atoms with van der Waals surface area (Å²) in [5.74, 6) is 0. The highest BCUT2D eigenvalue weighted by Gasteiger charge is 2.28. The minimum atomic E-state index is -3.33. The summed E-state index contributed by atoms with van der Waals surface area (Å²) in [7, 11) is -1.65. The van der Waals surface area contributed by atoms with Gasteiger partial charge in [0.2, 0.25) is 0 Å². The van der Waals surface area contributed by atoms with Crippen molar-refractivity contribution in [2.24, 2.45) is 0 Å². The molecule has 0 heterocycles. The largest absolute Gasteiger partial charge is 0.317 e. The van der Waals surface area contributed by atoms with Gasteiger partial charge in [-0.25, -0.2) is 0 Å². The normalized spacial score (nSPS) is 12.8. The second-order valence-electron chi connectivity index (χ2n) is 5.84. The van der Waals surface area contributed by atoms with Crippen molar-refractivity contribution in [3.63, 3.8) is 0 Å². The predicted octanol–water partition coefficient (Wildman–Crippen LogP) is 2.45. The fourth-order valence-corrected chi connectivity index (χ4v) is 3.79. The molecule has 0 aliphatic carbocycles. The Bertz CT molecular complexity index is 345. The van der Waals surface area contributed by atoms with Crippen LogP contribution in [0.15, 0.2) is 0 Å². The first-order valence-corrected chi connectivity index (χ1v) is 9.71. The number of nitrogens with one attached hydrogen (secondary N) is 1. The molecule has 1 N–H and O–H groups in total. The second kappa shape index (κ2) is 11.4. The third kappa shape index (κ3) is 8.14. The molecule has 0 fully saturated rings. The average molecular weight is 322 g/mol. The van der Waals surface area contributed by atoms with E-state index in [0.29, 0.717) is 13.1 Å². The molecule has 0 spiro atoms. The number of rotatable bonds is 13. The number of nitrogens with zero attached hydrogens (tertiary/aromatic N) is 2. The molecule has 0 atom stereocenters. The standard InChI is InChI=1S/C15H35N3O2S/c1-6-8-9-14-18(15(3)4)21(19,20)17(5)13-10-12-16-11-7-2/h15-16H,6-14H2,1-5H3. The van der Waals surface area contributed by atoms with Crippen molar-refractivity contribution in [3.8, 4) is 0 Å². The van der Waals surface area contributed by atoms with Gasteiger partial charge in [-0.05, 0) is 46.2 Å². The van der Waals surface area contributed by atoms with Gasteiger partial charge >= 0.3 is 0 Å². The third-order valence-electron chi connectivity index (χ3n) is 3.50. The number of unbranched alkanes of at least 4 members (excludes halogenated alkanes) is 2. The molecule has 0 amide bonds. The molecular weight excluding hydrogens is 286 g/mol. The summed E-state index contributed by atoms with van der Waals surface area (Å²) in [6, 6.07) is 0.00697. The lowest BCUT2D eigenvalue weighted by atomic mass is 10.2. The molecule has 0 unspecified atom stereocenters. The zero-order valence-corrected chi connectivity index (χ0v) is 15.4. The molecule has 0 saturated heterocycles. The monoisotopic (exact) mass is 321 g/mol. The van der Waals surface area contributed by atoms with Crippen molar-refractivity contribution in [1.29, 1.82) is 0 Å². The van der Waals surface area contributed by atoms with Gasteiger partial charge in [0.1, 0.15) is 0 Å². The smallest absolute Gasteiger partial charge is 0.281 e. The van der Waals surface area contributed by atoms with Gasteiger partial charge in [-0.1, -0.05) is 26.7 Å². The van der Waals surface area contributed by atoms with E-state index < -0.39 is 10.2 Å². The molecule has 5 nitrogen and oxygen atoms in total. The zero-order chi connectivity index (χ0) is 16.3. The summed E-state index contributed by atoms with van der Waals surface area (Å²) >= 11 is 0. The summed E-state index contributed by atoms with van der Waals surface area (Å²) in [6.45, 7) is 11.2. The lowest BCUT2D eigenvalue weighted by Crippen LogP contribution is -2.46. The lowest BCUT2D eigenvalue weighted by Gasteiger charge is -2.30. The van der Waals surface area contributed by atoms with Gasteiger partial charge in [0.15, 0.2) is 0 Å². The van der Waals surface area contributed by atoms with Crippen LogP contribution in [0, 0.1) is 0 Å². The Hall–Kier alpha value is -0.170. The molecule has 0 aliphatic heterocycles. The van der Waals surface area contributed by atoms with Crippen LogP contribution in [-0.2, 0) is 10.2 Å². The summed E-state index contributed by atoms with van der Waals surface area (Å²) in [5.41, 5.74) is 0. The van der Waals surface area contributed by atoms with Crippen LogP contribution in [0.2, 0.25) is 0 Å². The van der Waals surface area contributed by atoms with E-state index in [1.54, 1.807) is 11.4 Å². The van der Waals surface area contributed by atoms with Gasteiger partial charge < -0.3 is 5.32 Å². The van der Waals surface area contributed by atoms with Crippen LogP contribution in [0.25, 0.3) is 0 Å². The molecule has 0 bridgehead atoms. The van der Waals surface area contributed by atoms with Crippen LogP contribution in [0.3, 0.4) is 0 Å². The molecule has 0 aromatic heterocycles. The van der Waals surface area contributed by atoms with Gasteiger partial charge in [-0.3, -0.25) is 0 Å². The highest BCUT2D eigenvalue weighted by molar-refractivity contribution is 7.86. The Morgan fingerprint density at radius 1 is 0.952 bits per heavy atom. The number of hydrogen-bond donors (Lipinski definition) is 1. The molecule has 0 radical (unpaired) electrons. The summed E-state index contributed by atoms with van der Waals surface area (Å²) in [5, 5.41) is 3.30. The summed E-state index contributed by atoms with van der Waals surface area (Å²) in [6.07, 6.45) is 5.05. The van der Waals surface area contributed by atoms with Crippen molar-refractivity contribution >= 4 is 10.2 Å². The van der Waals surface area contributed by atoms with Gasteiger partial charge in [0.05, 0.1) is 0 Å². The second-order valence-corrected chi connectivity index (χ2v) is 7.83. The highest BCUT2D eigenvalue weighted by Crippen LogP contribution is 2.13. The molecule has 6 heteroatoms.